The van der Waals surface area contributed by atoms with Crippen LogP contribution in [0.3, 0.4) is 0 Å². The Labute approximate surface area is 97.6 Å². The maximum atomic E-state index is 12.3. The van der Waals surface area contributed by atoms with E-state index in [-0.39, 0.29) is 0 Å². The van der Waals surface area contributed by atoms with Crippen molar-refractivity contribution in [2.45, 2.75) is 6.18 Å². The van der Waals surface area contributed by atoms with Gasteiger partial charge >= 0.3 is 6.18 Å². The average molecular weight is 291 g/mol. The van der Waals surface area contributed by atoms with Gasteiger partial charge in [0.25, 0.3) is 0 Å². The summed E-state index contributed by atoms with van der Waals surface area (Å²) < 4.78 is 37.7. The fourth-order valence-electron chi connectivity index (χ4n) is 1.28. The Bertz CT molecular complexity index is 505. The molecule has 0 aliphatic heterocycles. The van der Waals surface area contributed by atoms with Gasteiger partial charge in [0.15, 0.2) is 5.69 Å². The van der Waals surface area contributed by atoms with Crippen molar-refractivity contribution >= 4 is 15.9 Å². The molecule has 0 saturated carbocycles. The SMILES string of the molecule is FC(F)(F)c1cc(-c2ccccc2Br)[nH]n1. The minimum absolute atomic E-state index is 0.333. The van der Waals surface area contributed by atoms with E-state index in [2.05, 4.69) is 26.1 Å². The van der Waals surface area contributed by atoms with Gasteiger partial charge in [0.05, 0.1) is 5.69 Å². The van der Waals surface area contributed by atoms with Crippen molar-refractivity contribution in [2.24, 2.45) is 0 Å². The molecule has 0 saturated heterocycles. The number of aromatic nitrogens is 2. The number of H-pyrrole nitrogens is 1. The van der Waals surface area contributed by atoms with E-state index in [1.54, 1.807) is 24.3 Å². The van der Waals surface area contributed by atoms with Gasteiger partial charge in [-0.2, -0.15) is 18.3 Å². The average Bonchev–Trinajstić information content (AvgIpc) is 2.66. The zero-order valence-corrected chi connectivity index (χ0v) is 9.43. The summed E-state index contributed by atoms with van der Waals surface area (Å²) in [6.45, 7) is 0. The molecule has 0 unspecified atom stereocenters. The third-order valence-corrected chi connectivity index (χ3v) is 2.72. The first-order chi connectivity index (χ1) is 7.48. The third-order valence-electron chi connectivity index (χ3n) is 2.03. The van der Waals surface area contributed by atoms with Crippen LogP contribution in [0.25, 0.3) is 11.3 Å². The van der Waals surface area contributed by atoms with Crippen LogP contribution in [0, 0.1) is 0 Å². The molecule has 1 heterocycles. The molecule has 0 radical (unpaired) electrons. The van der Waals surface area contributed by atoms with Crippen molar-refractivity contribution in [1.29, 1.82) is 0 Å². The van der Waals surface area contributed by atoms with Crippen molar-refractivity contribution in [2.75, 3.05) is 0 Å². The minimum atomic E-state index is -4.42. The first-order valence-electron chi connectivity index (χ1n) is 4.36. The van der Waals surface area contributed by atoms with Crippen LogP contribution in [0.15, 0.2) is 34.8 Å². The van der Waals surface area contributed by atoms with E-state index in [9.17, 15) is 13.2 Å². The van der Waals surface area contributed by atoms with Gasteiger partial charge in [-0.25, -0.2) is 0 Å². The molecule has 16 heavy (non-hydrogen) atoms. The summed E-state index contributed by atoms with van der Waals surface area (Å²) in [6.07, 6.45) is -4.42. The van der Waals surface area contributed by atoms with Crippen molar-refractivity contribution in [1.82, 2.24) is 10.2 Å². The molecule has 0 atom stereocenters. The fraction of sp³-hybridized carbons (Fsp3) is 0.100. The zero-order valence-electron chi connectivity index (χ0n) is 7.85. The Hall–Kier alpha value is -1.30. The largest absolute Gasteiger partial charge is 0.435 e. The number of hydrogen-bond donors (Lipinski definition) is 1. The van der Waals surface area contributed by atoms with Gasteiger partial charge < -0.3 is 0 Å². The van der Waals surface area contributed by atoms with Gasteiger partial charge in [0.2, 0.25) is 0 Å². The van der Waals surface area contributed by atoms with Crippen LogP contribution in [-0.4, -0.2) is 10.2 Å². The van der Waals surface area contributed by atoms with Gasteiger partial charge in [-0.15, -0.1) is 0 Å². The Balaban J connectivity index is 2.44. The first-order valence-corrected chi connectivity index (χ1v) is 5.15. The van der Waals surface area contributed by atoms with Gasteiger partial charge in [-0.05, 0) is 12.1 Å². The predicted molar refractivity (Wildman–Crippen MR) is 56.7 cm³/mol. The van der Waals surface area contributed by atoms with Crippen LogP contribution >= 0.6 is 15.9 Å². The van der Waals surface area contributed by atoms with Crippen molar-refractivity contribution in [3.63, 3.8) is 0 Å². The molecule has 6 heteroatoms. The highest BCUT2D eigenvalue weighted by Gasteiger charge is 2.34. The Morgan fingerprint density at radius 2 is 1.88 bits per heavy atom. The molecule has 0 fully saturated rings. The molecular formula is C10H6BrF3N2. The zero-order chi connectivity index (χ0) is 11.8. The number of halogens is 4. The second kappa shape index (κ2) is 3.93. The van der Waals surface area contributed by atoms with Crippen LogP contribution in [-0.2, 0) is 6.18 Å². The molecule has 2 nitrogen and oxygen atoms in total. The lowest BCUT2D eigenvalue weighted by atomic mass is 10.1. The fourth-order valence-corrected chi connectivity index (χ4v) is 1.78. The summed E-state index contributed by atoms with van der Waals surface area (Å²) in [5.74, 6) is 0. The maximum Gasteiger partial charge on any atom is 0.435 e. The van der Waals surface area contributed by atoms with Crippen LogP contribution in [0.5, 0.6) is 0 Å². The van der Waals surface area contributed by atoms with Gasteiger partial charge in [0, 0.05) is 10.0 Å². The first kappa shape index (κ1) is 11.2. The summed E-state index contributed by atoms with van der Waals surface area (Å²) in [6, 6.07) is 7.98. The third kappa shape index (κ3) is 2.11. The summed E-state index contributed by atoms with van der Waals surface area (Å²) >= 11 is 3.26. The topological polar surface area (TPSA) is 28.7 Å². The van der Waals surface area contributed by atoms with E-state index in [1.165, 1.54) is 0 Å². The second-order valence-corrected chi connectivity index (χ2v) is 4.00. The van der Waals surface area contributed by atoms with Crippen molar-refractivity contribution < 1.29 is 13.2 Å². The van der Waals surface area contributed by atoms with E-state index in [0.29, 0.717) is 15.7 Å². The minimum Gasteiger partial charge on any atom is -0.277 e. The van der Waals surface area contributed by atoms with Gasteiger partial charge in [-0.3, -0.25) is 5.10 Å². The van der Waals surface area contributed by atoms with Crippen molar-refractivity contribution in [3.05, 3.63) is 40.5 Å². The molecular weight excluding hydrogens is 285 g/mol. The molecule has 0 aliphatic carbocycles. The monoisotopic (exact) mass is 290 g/mol. The number of alkyl halides is 3. The smallest absolute Gasteiger partial charge is 0.277 e. The number of rotatable bonds is 1. The molecule has 1 N–H and O–H groups in total. The molecule has 0 aliphatic rings. The van der Waals surface area contributed by atoms with E-state index < -0.39 is 11.9 Å². The molecule has 1 aromatic heterocycles. The molecule has 2 aromatic rings. The van der Waals surface area contributed by atoms with Crippen LogP contribution in [0.2, 0.25) is 0 Å². The standard InChI is InChI=1S/C10H6BrF3N2/c11-7-4-2-1-3-6(7)8-5-9(16-15-8)10(12,13)14/h1-5H,(H,15,16). The summed E-state index contributed by atoms with van der Waals surface area (Å²) in [5.41, 5.74) is 0.0588. The Morgan fingerprint density at radius 3 is 2.44 bits per heavy atom. The Kier molecular flexibility index (Phi) is 2.75. The highest BCUT2D eigenvalue weighted by atomic mass is 79.9. The highest BCUT2D eigenvalue weighted by Crippen LogP contribution is 2.32. The Morgan fingerprint density at radius 1 is 1.19 bits per heavy atom. The lowest BCUT2D eigenvalue weighted by Gasteiger charge is -2.00. The highest BCUT2D eigenvalue weighted by molar-refractivity contribution is 9.10. The van der Waals surface area contributed by atoms with E-state index >= 15 is 0 Å². The second-order valence-electron chi connectivity index (χ2n) is 3.14. The molecule has 84 valence electrons. The normalized spacial score (nSPS) is 11.8. The summed E-state index contributed by atoms with van der Waals surface area (Å²) in [4.78, 5) is 0. The van der Waals surface area contributed by atoms with Crippen molar-refractivity contribution in [3.8, 4) is 11.3 Å². The van der Waals surface area contributed by atoms with E-state index in [0.717, 1.165) is 6.07 Å². The molecule has 1 aromatic carbocycles. The quantitative estimate of drug-likeness (QED) is 0.849. The maximum absolute atomic E-state index is 12.3. The number of hydrogen-bond acceptors (Lipinski definition) is 1. The van der Waals surface area contributed by atoms with Crippen LogP contribution in [0.4, 0.5) is 13.2 Å². The van der Waals surface area contributed by atoms with E-state index in [4.69, 9.17) is 0 Å². The molecule has 0 spiro atoms. The lowest BCUT2D eigenvalue weighted by Crippen LogP contribution is -2.04. The van der Waals surface area contributed by atoms with E-state index in [1.807, 2.05) is 0 Å². The lowest BCUT2D eigenvalue weighted by molar-refractivity contribution is -0.141. The number of benzene rings is 1. The number of nitrogens with one attached hydrogen (secondary N) is 1. The summed E-state index contributed by atoms with van der Waals surface area (Å²) in [7, 11) is 0. The molecule has 2 rings (SSSR count). The molecule has 0 amide bonds. The predicted octanol–water partition coefficient (Wildman–Crippen LogP) is 3.86. The van der Waals surface area contributed by atoms with Gasteiger partial charge in [-0.1, -0.05) is 34.1 Å². The number of nitrogens with zero attached hydrogens (tertiary/aromatic N) is 1. The van der Waals surface area contributed by atoms with Crippen LogP contribution in [0.1, 0.15) is 5.69 Å². The molecule has 0 bridgehead atoms. The number of aromatic amines is 1. The van der Waals surface area contributed by atoms with Crippen LogP contribution < -0.4 is 0 Å². The summed E-state index contributed by atoms with van der Waals surface area (Å²) in [5, 5.41) is 5.60. The van der Waals surface area contributed by atoms with Gasteiger partial charge in [0.1, 0.15) is 0 Å².